The molecule has 1 aromatic heterocycles. The van der Waals surface area contributed by atoms with Crippen LogP contribution in [0, 0.1) is 13.8 Å². The molecule has 0 amide bonds. The Morgan fingerprint density at radius 2 is 1.85 bits per heavy atom. The van der Waals surface area contributed by atoms with E-state index in [1.165, 1.54) is 18.2 Å². The summed E-state index contributed by atoms with van der Waals surface area (Å²) in [5.41, 5.74) is 2.67. The van der Waals surface area contributed by atoms with Gasteiger partial charge in [0, 0.05) is 11.1 Å². The van der Waals surface area contributed by atoms with Crippen molar-refractivity contribution >= 4 is 19.9 Å². The standard InChI is InChI=1S/C17H18N2O5S2/c1-11-3-4-13(9-12(11)2)15-5-6-16(17(20)18-15)26(23,24)19-14-7-8-25(21,22)10-14/h3-9,14,19H,10H2,1-2H3,(H,18,20). The maximum atomic E-state index is 12.4. The third-order valence-corrected chi connectivity index (χ3v) is 7.13. The van der Waals surface area contributed by atoms with E-state index in [1.807, 2.05) is 32.0 Å². The Labute approximate surface area is 151 Å². The van der Waals surface area contributed by atoms with Crippen molar-refractivity contribution in [3.05, 3.63) is 63.3 Å². The number of aryl methyl sites for hydroxylation is 2. The first kappa shape index (κ1) is 18.6. The van der Waals surface area contributed by atoms with Gasteiger partial charge in [-0.15, -0.1) is 0 Å². The van der Waals surface area contributed by atoms with E-state index >= 15 is 0 Å². The van der Waals surface area contributed by atoms with Gasteiger partial charge in [0.05, 0.1) is 11.8 Å². The molecule has 0 saturated heterocycles. The summed E-state index contributed by atoms with van der Waals surface area (Å²) >= 11 is 0. The molecule has 2 N–H and O–H groups in total. The maximum absolute atomic E-state index is 12.4. The average molecular weight is 394 g/mol. The minimum atomic E-state index is -4.15. The Balaban J connectivity index is 1.91. The van der Waals surface area contributed by atoms with Gasteiger partial charge in [0.25, 0.3) is 5.56 Å². The molecule has 9 heteroatoms. The molecule has 2 heterocycles. The van der Waals surface area contributed by atoms with Crippen molar-refractivity contribution in [3.63, 3.8) is 0 Å². The topological polar surface area (TPSA) is 113 Å². The Hall–Kier alpha value is -2.23. The first-order valence-electron chi connectivity index (χ1n) is 7.82. The number of sulfone groups is 1. The van der Waals surface area contributed by atoms with Crippen LogP contribution in [0.3, 0.4) is 0 Å². The summed E-state index contributed by atoms with van der Waals surface area (Å²) in [7, 11) is -7.55. The summed E-state index contributed by atoms with van der Waals surface area (Å²) in [4.78, 5) is 14.4. The van der Waals surface area contributed by atoms with Crippen LogP contribution in [0.4, 0.5) is 0 Å². The predicted molar refractivity (Wildman–Crippen MR) is 99.0 cm³/mol. The molecule has 1 aliphatic heterocycles. The number of sulfonamides is 1. The van der Waals surface area contributed by atoms with Crippen LogP contribution in [0.2, 0.25) is 0 Å². The minimum absolute atomic E-state index is 0.356. The summed E-state index contributed by atoms with van der Waals surface area (Å²) in [6.07, 6.45) is 1.25. The molecule has 0 fully saturated rings. The van der Waals surface area contributed by atoms with E-state index in [-0.39, 0.29) is 5.75 Å². The fourth-order valence-corrected chi connectivity index (χ4v) is 5.23. The summed E-state index contributed by atoms with van der Waals surface area (Å²) < 4.78 is 49.8. The highest BCUT2D eigenvalue weighted by Gasteiger charge is 2.28. The van der Waals surface area contributed by atoms with E-state index in [0.29, 0.717) is 5.69 Å². The summed E-state index contributed by atoms with van der Waals surface area (Å²) in [6, 6.07) is 7.52. The highest BCUT2D eigenvalue weighted by atomic mass is 32.2. The van der Waals surface area contributed by atoms with Gasteiger partial charge in [0.2, 0.25) is 10.0 Å². The molecular formula is C17H18N2O5S2. The fourth-order valence-electron chi connectivity index (χ4n) is 2.66. The lowest BCUT2D eigenvalue weighted by Crippen LogP contribution is -2.37. The van der Waals surface area contributed by atoms with Crippen molar-refractivity contribution in [3.8, 4) is 11.3 Å². The molecule has 7 nitrogen and oxygen atoms in total. The highest BCUT2D eigenvalue weighted by Crippen LogP contribution is 2.20. The number of aromatic nitrogens is 1. The molecule has 2 aromatic rings. The van der Waals surface area contributed by atoms with Crippen LogP contribution in [-0.2, 0) is 19.9 Å². The Morgan fingerprint density at radius 1 is 1.12 bits per heavy atom. The van der Waals surface area contributed by atoms with Gasteiger partial charge in [-0.05, 0) is 48.7 Å². The number of pyridine rings is 1. The largest absolute Gasteiger partial charge is 0.321 e. The molecule has 0 spiro atoms. The quantitative estimate of drug-likeness (QED) is 0.810. The maximum Gasteiger partial charge on any atom is 0.268 e. The molecule has 0 saturated carbocycles. The highest BCUT2D eigenvalue weighted by molar-refractivity contribution is 7.94. The van der Waals surface area contributed by atoms with Crippen LogP contribution in [0.15, 0.2) is 51.5 Å². The van der Waals surface area contributed by atoms with Crippen molar-refractivity contribution in [1.82, 2.24) is 9.71 Å². The molecule has 1 unspecified atom stereocenters. The number of rotatable bonds is 4. The van der Waals surface area contributed by atoms with Crippen molar-refractivity contribution in [1.29, 1.82) is 0 Å². The number of H-pyrrole nitrogens is 1. The Bertz CT molecular complexity index is 1160. The second-order valence-corrected chi connectivity index (χ2v) is 9.86. The lowest BCUT2D eigenvalue weighted by Gasteiger charge is -2.11. The zero-order valence-corrected chi connectivity index (χ0v) is 15.8. The average Bonchev–Trinajstić information content (AvgIpc) is 2.87. The summed E-state index contributed by atoms with van der Waals surface area (Å²) in [5.74, 6) is -0.356. The fraction of sp³-hybridized carbons (Fsp3) is 0.235. The molecule has 0 aliphatic carbocycles. The van der Waals surface area contributed by atoms with E-state index in [2.05, 4.69) is 9.71 Å². The Kier molecular flexibility index (Phi) is 4.63. The van der Waals surface area contributed by atoms with Gasteiger partial charge >= 0.3 is 0 Å². The van der Waals surface area contributed by atoms with Crippen molar-refractivity contribution in [2.75, 3.05) is 5.75 Å². The number of aromatic amines is 1. The molecule has 26 heavy (non-hydrogen) atoms. The number of benzene rings is 1. The molecule has 3 rings (SSSR count). The Morgan fingerprint density at radius 3 is 2.42 bits per heavy atom. The molecule has 1 atom stereocenters. The van der Waals surface area contributed by atoms with E-state index in [9.17, 15) is 21.6 Å². The van der Waals surface area contributed by atoms with Gasteiger partial charge < -0.3 is 4.98 Å². The molecule has 1 aromatic carbocycles. The monoisotopic (exact) mass is 394 g/mol. The van der Waals surface area contributed by atoms with Gasteiger partial charge in [-0.25, -0.2) is 21.6 Å². The number of hydrogen-bond donors (Lipinski definition) is 2. The van der Waals surface area contributed by atoms with Gasteiger partial charge in [-0.2, -0.15) is 0 Å². The minimum Gasteiger partial charge on any atom is -0.321 e. The van der Waals surface area contributed by atoms with Gasteiger partial charge in [-0.3, -0.25) is 4.79 Å². The van der Waals surface area contributed by atoms with Crippen LogP contribution in [0.5, 0.6) is 0 Å². The van der Waals surface area contributed by atoms with Gasteiger partial charge in [0.1, 0.15) is 4.90 Å². The number of hydrogen-bond acceptors (Lipinski definition) is 5. The first-order valence-corrected chi connectivity index (χ1v) is 11.0. The third-order valence-electron chi connectivity index (χ3n) is 4.22. The van der Waals surface area contributed by atoms with Crippen LogP contribution in [-0.4, -0.2) is 33.6 Å². The summed E-state index contributed by atoms with van der Waals surface area (Å²) in [6.45, 7) is 3.92. The van der Waals surface area contributed by atoms with Crippen LogP contribution in [0.1, 0.15) is 11.1 Å². The zero-order chi connectivity index (χ0) is 19.1. The zero-order valence-electron chi connectivity index (χ0n) is 14.2. The lowest BCUT2D eigenvalue weighted by atomic mass is 10.0. The first-order chi connectivity index (χ1) is 12.1. The van der Waals surface area contributed by atoms with Crippen LogP contribution >= 0.6 is 0 Å². The van der Waals surface area contributed by atoms with Gasteiger partial charge in [-0.1, -0.05) is 18.2 Å². The second-order valence-electron chi connectivity index (χ2n) is 6.25. The SMILES string of the molecule is Cc1ccc(-c2ccc(S(=O)(=O)NC3C=CS(=O)(=O)C3)c(=O)[nH]2)cc1C. The molecular weight excluding hydrogens is 376 g/mol. The smallest absolute Gasteiger partial charge is 0.268 e. The van der Waals surface area contributed by atoms with Gasteiger partial charge in [0.15, 0.2) is 9.84 Å². The van der Waals surface area contributed by atoms with Crippen molar-refractivity contribution in [2.24, 2.45) is 0 Å². The van der Waals surface area contributed by atoms with Crippen LogP contribution in [0.25, 0.3) is 11.3 Å². The number of nitrogens with one attached hydrogen (secondary N) is 2. The normalized spacial score (nSPS) is 18.9. The molecule has 0 radical (unpaired) electrons. The van der Waals surface area contributed by atoms with Crippen molar-refractivity contribution in [2.45, 2.75) is 24.8 Å². The van der Waals surface area contributed by atoms with Crippen molar-refractivity contribution < 1.29 is 16.8 Å². The molecule has 1 aliphatic rings. The molecule has 138 valence electrons. The third kappa shape index (κ3) is 3.79. The van der Waals surface area contributed by atoms with E-state index in [1.54, 1.807) is 0 Å². The summed E-state index contributed by atoms with van der Waals surface area (Å²) in [5, 5.41) is 0.966. The van der Waals surface area contributed by atoms with E-state index < -0.39 is 36.4 Å². The van der Waals surface area contributed by atoms with E-state index in [0.717, 1.165) is 22.1 Å². The lowest BCUT2D eigenvalue weighted by molar-refractivity contribution is 0.573. The van der Waals surface area contributed by atoms with E-state index in [4.69, 9.17) is 0 Å². The van der Waals surface area contributed by atoms with Crippen LogP contribution < -0.4 is 10.3 Å². The molecule has 0 bridgehead atoms. The second kappa shape index (κ2) is 6.49. The predicted octanol–water partition coefficient (Wildman–Crippen LogP) is 1.25.